The first-order chi connectivity index (χ1) is 7.98. The van der Waals surface area contributed by atoms with Crippen molar-refractivity contribution in [2.75, 3.05) is 6.54 Å². The Bertz CT molecular complexity index is 251. The third-order valence-corrected chi connectivity index (χ3v) is 4.87. The van der Waals surface area contributed by atoms with Crippen molar-refractivity contribution in [2.45, 2.75) is 77.5 Å². The molecule has 2 fully saturated rings. The maximum absolute atomic E-state index is 6.04. The van der Waals surface area contributed by atoms with Crippen LogP contribution >= 0.6 is 0 Å². The molecule has 0 spiro atoms. The average Bonchev–Trinajstić information content (AvgIpc) is 2.61. The van der Waals surface area contributed by atoms with Gasteiger partial charge < -0.3 is 10.1 Å². The lowest BCUT2D eigenvalue weighted by Crippen LogP contribution is -2.43. The highest BCUT2D eigenvalue weighted by atomic mass is 16.5. The van der Waals surface area contributed by atoms with E-state index in [4.69, 9.17) is 4.74 Å². The molecule has 1 N–H and O–H groups in total. The number of nitrogens with one attached hydrogen (secondary N) is 1. The second-order valence-electron chi connectivity index (χ2n) is 6.82. The summed E-state index contributed by atoms with van der Waals surface area (Å²) in [4.78, 5) is 0. The molecule has 2 aliphatic rings. The van der Waals surface area contributed by atoms with E-state index in [1.54, 1.807) is 0 Å². The van der Waals surface area contributed by atoms with Gasteiger partial charge in [-0.3, -0.25) is 0 Å². The van der Waals surface area contributed by atoms with Crippen LogP contribution in [0.1, 0.15) is 59.8 Å². The predicted octanol–water partition coefficient (Wildman–Crippen LogP) is 3.36. The van der Waals surface area contributed by atoms with Crippen LogP contribution in [-0.2, 0) is 4.74 Å². The summed E-state index contributed by atoms with van der Waals surface area (Å²) in [6.07, 6.45) is 7.01. The Balaban J connectivity index is 1.75. The molecule has 2 rings (SSSR count). The Kier molecular flexibility index (Phi) is 4.14. The SMILES string of the molecule is CC1CCCC(NCC2CCC(C)(C)O2)C1C. The molecule has 1 aliphatic heterocycles. The van der Waals surface area contributed by atoms with Gasteiger partial charge in [0.15, 0.2) is 0 Å². The molecule has 0 aromatic carbocycles. The van der Waals surface area contributed by atoms with E-state index in [0.717, 1.165) is 18.4 Å². The zero-order valence-electron chi connectivity index (χ0n) is 12.0. The molecule has 0 aromatic rings. The second-order valence-corrected chi connectivity index (χ2v) is 6.82. The van der Waals surface area contributed by atoms with Crippen molar-refractivity contribution in [1.29, 1.82) is 0 Å². The van der Waals surface area contributed by atoms with Crippen molar-refractivity contribution in [3.8, 4) is 0 Å². The van der Waals surface area contributed by atoms with Gasteiger partial charge in [0, 0.05) is 12.6 Å². The largest absolute Gasteiger partial charge is 0.371 e. The molecule has 1 aliphatic carbocycles. The van der Waals surface area contributed by atoms with Crippen LogP contribution in [0.25, 0.3) is 0 Å². The van der Waals surface area contributed by atoms with Crippen molar-refractivity contribution >= 4 is 0 Å². The highest BCUT2D eigenvalue weighted by Crippen LogP contribution is 2.31. The Morgan fingerprint density at radius 1 is 1.18 bits per heavy atom. The van der Waals surface area contributed by atoms with Crippen molar-refractivity contribution < 1.29 is 4.74 Å². The fourth-order valence-corrected chi connectivity index (χ4v) is 3.37. The quantitative estimate of drug-likeness (QED) is 0.815. The topological polar surface area (TPSA) is 21.3 Å². The molecule has 2 nitrogen and oxygen atoms in total. The normalized spacial score (nSPS) is 41.6. The van der Waals surface area contributed by atoms with Crippen LogP contribution in [0.15, 0.2) is 0 Å². The van der Waals surface area contributed by atoms with E-state index >= 15 is 0 Å². The molecule has 1 saturated heterocycles. The van der Waals surface area contributed by atoms with Gasteiger partial charge in [0.05, 0.1) is 11.7 Å². The molecule has 2 heteroatoms. The van der Waals surface area contributed by atoms with Crippen LogP contribution in [0.4, 0.5) is 0 Å². The van der Waals surface area contributed by atoms with E-state index < -0.39 is 0 Å². The molecule has 1 heterocycles. The fraction of sp³-hybridized carbons (Fsp3) is 1.00. The number of hydrogen-bond donors (Lipinski definition) is 1. The fourth-order valence-electron chi connectivity index (χ4n) is 3.37. The first-order valence-electron chi connectivity index (χ1n) is 7.39. The summed E-state index contributed by atoms with van der Waals surface area (Å²) in [5.41, 5.74) is 0.109. The van der Waals surface area contributed by atoms with Gasteiger partial charge >= 0.3 is 0 Å². The van der Waals surface area contributed by atoms with Crippen molar-refractivity contribution in [3.05, 3.63) is 0 Å². The zero-order chi connectivity index (χ0) is 12.5. The smallest absolute Gasteiger partial charge is 0.0707 e. The Hall–Kier alpha value is -0.0800. The van der Waals surface area contributed by atoms with E-state index in [1.807, 2.05) is 0 Å². The minimum atomic E-state index is 0.109. The molecule has 0 amide bonds. The third kappa shape index (κ3) is 3.45. The summed E-state index contributed by atoms with van der Waals surface area (Å²) >= 11 is 0. The average molecular weight is 239 g/mol. The molecule has 0 radical (unpaired) electrons. The van der Waals surface area contributed by atoms with Gasteiger partial charge in [0.1, 0.15) is 0 Å². The maximum Gasteiger partial charge on any atom is 0.0707 e. The summed E-state index contributed by atoms with van der Waals surface area (Å²) in [5.74, 6) is 1.69. The second kappa shape index (κ2) is 5.27. The predicted molar refractivity (Wildman–Crippen MR) is 72.2 cm³/mol. The first kappa shape index (κ1) is 13.4. The van der Waals surface area contributed by atoms with Gasteiger partial charge in [-0.2, -0.15) is 0 Å². The van der Waals surface area contributed by atoms with Gasteiger partial charge in [0.25, 0.3) is 0 Å². The molecule has 4 unspecified atom stereocenters. The maximum atomic E-state index is 6.04. The van der Waals surface area contributed by atoms with Crippen LogP contribution in [-0.4, -0.2) is 24.3 Å². The number of hydrogen-bond acceptors (Lipinski definition) is 2. The molecule has 4 atom stereocenters. The monoisotopic (exact) mass is 239 g/mol. The molecule has 17 heavy (non-hydrogen) atoms. The third-order valence-electron chi connectivity index (χ3n) is 4.87. The minimum Gasteiger partial charge on any atom is -0.371 e. The van der Waals surface area contributed by atoms with E-state index in [9.17, 15) is 0 Å². The molecular weight excluding hydrogens is 210 g/mol. The van der Waals surface area contributed by atoms with E-state index in [0.29, 0.717) is 12.1 Å². The summed E-state index contributed by atoms with van der Waals surface area (Å²) in [5, 5.41) is 3.76. The molecule has 0 bridgehead atoms. The summed E-state index contributed by atoms with van der Waals surface area (Å²) in [7, 11) is 0. The molecule has 0 aromatic heterocycles. The standard InChI is InChI=1S/C15H29NO/c1-11-6-5-7-14(12(11)2)16-10-13-8-9-15(3,4)17-13/h11-14,16H,5-10H2,1-4H3. The Morgan fingerprint density at radius 3 is 2.59 bits per heavy atom. The summed E-state index contributed by atoms with van der Waals surface area (Å²) < 4.78 is 6.04. The lowest BCUT2D eigenvalue weighted by molar-refractivity contribution is -0.0167. The molecular formula is C15H29NO. The van der Waals surface area contributed by atoms with Crippen LogP contribution < -0.4 is 5.32 Å². The minimum absolute atomic E-state index is 0.109. The van der Waals surface area contributed by atoms with Crippen LogP contribution in [0.3, 0.4) is 0 Å². The van der Waals surface area contributed by atoms with Crippen LogP contribution in [0.2, 0.25) is 0 Å². The highest BCUT2D eigenvalue weighted by molar-refractivity contribution is 4.86. The lowest BCUT2D eigenvalue weighted by Gasteiger charge is -2.35. The first-order valence-corrected chi connectivity index (χ1v) is 7.39. The van der Waals surface area contributed by atoms with Gasteiger partial charge in [-0.05, 0) is 44.9 Å². The summed E-state index contributed by atoms with van der Waals surface area (Å²) in [6, 6.07) is 0.714. The van der Waals surface area contributed by atoms with Crippen molar-refractivity contribution in [2.24, 2.45) is 11.8 Å². The number of ether oxygens (including phenoxy) is 1. The molecule has 100 valence electrons. The van der Waals surface area contributed by atoms with Gasteiger partial charge in [-0.1, -0.05) is 26.7 Å². The van der Waals surface area contributed by atoms with Gasteiger partial charge in [0.2, 0.25) is 0 Å². The Morgan fingerprint density at radius 2 is 1.94 bits per heavy atom. The van der Waals surface area contributed by atoms with Crippen molar-refractivity contribution in [3.63, 3.8) is 0 Å². The van der Waals surface area contributed by atoms with E-state index in [2.05, 4.69) is 33.0 Å². The van der Waals surface area contributed by atoms with E-state index in [1.165, 1.54) is 32.1 Å². The van der Waals surface area contributed by atoms with Crippen molar-refractivity contribution in [1.82, 2.24) is 5.32 Å². The van der Waals surface area contributed by atoms with Gasteiger partial charge in [-0.15, -0.1) is 0 Å². The highest BCUT2D eigenvalue weighted by Gasteiger charge is 2.33. The Labute approximate surface area is 107 Å². The summed E-state index contributed by atoms with van der Waals surface area (Å²) in [6.45, 7) is 10.3. The van der Waals surface area contributed by atoms with Gasteiger partial charge in [-0.25, -0.2) is 0 Å². The number of rotatable bonds is 3. The molecule has 1 saturated carbocycles. The van der Waals surface area contributed by atoms with Crippen LogP contribution in [0, 0.1) is 11.8 Å². The zero-order valence-corrected chi connectivity index (χ0v) is 12.0. The van der Waals surface area contributed by atoms with Crippen LogP contribution in [0.5, 0.6) is 0 Å². The van der Waals surface area contributed by atoms with E-state index in [-0.39, 0.29) is 5.60 Å². The lowest BCUT2D eigenvalue weighted by atomic mass is 9.78.